The summed E-state index contributed by atoms with van der Waals surface area (Å²) in [6.07, 6.45) is 0. The number of halogens is 1. The molecule has 0 unspecified atom stereocenters. The molecule has 1 aliphatic rings. The van der Waals surface area contributed by atoms with Gasteiger partial charge < -0.3 is 19.1 Å². The van der Waals surface area contributed by atoms with Gasteiger partial charge in [-0.15, -0.1) is 0 Å². The first-order valence-corrected chi connectivity index (χ1v) is 6.79. The van der Waals surface area contributed by atoms with Gasteiger partial charge in [-0.3, -0.25) is 4.79 Å². The molecule has 21 heavy (non-hydrogen) atoms. The third-order valence-electron chi connectivity index (χ3n) is 3.06. The van der Waals surface area contributed by atoms with Crippen molar-refractivity contribution in [3.63, 3.8) is 0 Å². The van der Waals surface area contributed by atoms with Crippen LogP contribution < -0.4 is 9.47 Å². The lowest BCUT2D eigenvalue weighted by molar-refractivity contribution is -0.137. The molecule has 0 aliphatic carbocycles. The Morgan fingerprint density at radius 2 is 2.19 bits per heavy atom. The molecule has 112 valence electrons. The Balaban J connectivity index is 2.05. The number of rotatable bonds is 4. The fraction of sp³-hybridized carbons (Fsp3) is 0.429. The van der Waals surface area contributed by atoms with E-state index in [-0.39, 0.29) is 23.3 Å². The van der Waals surface area contributed by atoms with E-state index in [9.17, 15) is 4.79 Å². The van der Waals surface area contributed by atoms with Crippen LogP contribution in [0.4, 0.5) is 0 Å². The van der Waals surface area contributed by atoms with Crippen molar-refractivity contribution in [2.45, 2.75) is 0 Å². The van der Waals surface area contributed by atoms with Crippen molar-refractivity contribution in [3.05, 3.63) is 22.7 Å². The number of benzene rings is 1. The number of hydrogen-bond donors (Lipinski definition) is 0. The lowest BCUT2D eigenvalue weighted by atomic mass is 10.2. The molecule has 0 spiro atoms. The number of carbonyl (C=O) groups is 1. The Morgan fingerprint density at radius 3 is 2.81 bits per heavy atom. The normalized spacial score (nSPS) is 14.4. The van der Waals surface area contributed by atoms with Gasteiger partial charge >= 0.3 is 0 Å². The molecule has 1 heterocycles. The van der Waals surface area contributed by atoms with Crippen molar-refractivity contribution in [1.82, 2.24) is 4.90 Å². The highest BCUT2D eigenvalue weighted by Crippen LogP contribution is 2.36. The van der Waals surface area contributed by atoms with Crippen LogP contribution in [0.3, 0.4) is 0 Å². The highest BCUT2D eigenvalue weighted by molar-refractivity contribution is 6.32. The zero-order valence-electron chi connectivity index (χ0n) is 11.6. The summed E-state index contributed by atoms with van der Waals surface area (Å²) in [5.41, 5.74) is 0.365. The van der Waals surface area contributed by atoms with Crippen molar-refractivity contribution in [2.24, 2.45) is 0 Å². The number of ether oxygens (including phenoxy) is 3. The Bertz CT molecular complexity index is 565. The molecule has 0 aromatic heterocycles. The third-order valence-corrected chi connectivity index (χ3v) is 3.34. The number of hydrogen-bond acceptors (Lipinski definition) is 5. The fourth-order valence-electron chi connectivity index (χ4n) is 1.96. The maximum absolute atomic E-state index is 12.0. The minimum atomic E-state index is -0.138. The van der Waals surface area contributed by atoms with Crippen molar-refractivity contribution in [2.75, 3.05) is 40.0 Å². The second-order valence-corrected chi connectivity index (χ2v) is 4.79. The molecule has 1 aliphatic heterocycles. The topological polar surface area (TPSA) is 71.8 Å². The molecule has 0 radical (unpaired) electrons. The predicted octanol–water partition coefficient (Wildman–Crippen LogP) is 1.46. The lowest BCUT2D eigenvalue weighted by Crippen LogP contribution is -2.43. The van der Waals surface area contributed by atoms with Gasteiger partial charge in [-0.2, -0.15) is 5.26 Å². The molecular formula is C14H15ClN2O4. The van der Waals surface area contributed by atoms with E-state index in [0.717, 1.165) is 0 Å². The molecule has 0 N–H and O–H groups in total. The van der Waals surface area contributed by atoms with Gasteiger partial charge in [0.25, 0.3) is 5.91 Å². The highest BCUT2D eigenvalue weighted by Gasteiger charge is 2.19. The largest absolute Gasteiger partial charge is 0.493 e. The smallest absolute Gasteiger partial charge is 0.260 e. The first-order valence-electron chi connectivity index (χ1n) is 6.41. The van der Waals surface area contributed by atoms with Crippen LogP contribution in [0.5, 0.6) is 11.5 Å². The average Bonchev–Trinajstić information content (AvgIpc) is 2.53. The van der Waals surface area contributed by atoms with Crippen LogP contribution in [0.15, 0.2) is 12.1 Å². The van der Waals surface area contributed by atoms with Gasteiger partial charge in [-0.25, -0.2) is 0 Å². The maximum atomic E-state index is 12.0. The molecule has 1 aromatic rings. The van der Waals surface area contributed by atoms with E-state index in [0.29, 0.717) is 37.6 Å². The predicted molar refractivity (Wildman–Crippen MR) is 75.6 cm³/mol. The monoisotopic (exact) mass is 310 g/mol. The molecular weight excluding hydrogens is 296 g/mol. The molecule has 1 amide bonds. The number of amides is 1. The zero-order valence-corrected chi connectivity index (χ0v) is 12.4. The molecule has 0 bridgehead atoms. The minimum absolute atomic E-state index is 0.137. The lowest BCUT2D eigenvalue weighted by Gasteiger charge is -2.26. The standard InChI is InChI=1S/C14H15ClN2O4/c1-19-12-7-10(8-16)6-11(15)14(12)21-9-13(18)17-2-4-20-5-3-17/h6-7H,2-5,9H2,1H3. The minimum Gasteiger partial charge on any atom is -0.493 e. The fourth-order valence-corrected chi connectivity index (χ4v) is 2.23. The summed E-state index contributed by atoms with van der Waals surface area (Å²) in [6, 6.07) is 4.96. The molecule has 0 saturated carbocycles. The average molecular weight is 311 g/mol. The van der Waals surface area contributed by atoms with Crippen LogP contribution in [0, 0.1) is 11.3 Å². The van der Waals surface area contributed by atoms with Gasteiger partial charge in [-0.05, 0) is 6.07 Å². The summed E-state index contributed by atoms with van der Waals surface area (Å²) in [4.78, 5) is 13.7. The highest BCUT2D eigenvalue weighted by atomic mass is 35.5. The summed E-state index contributed by atoms with van der Waals surface area (Å²) in [6.45, 7) is 2.04. The number of morpholine rings is 1. The van der Waals surface area contributed by atoms with Gasteiger partial charge in [0.2, 0.25) is 0 Å². The van der Waals surface area contributed by atoms with Crippen LogP contribution in [0.1, 0.15) is 5.56 Å². The zero-order chi connectivity index (χ0) is 15.2. The summed E-state index contributed by atoms with van der Waals surface area (Å²) < 4.78 is 15.8. The van der Waals surface area contributed by atoms with Gasteiger partial charge in [0, 0.05) is 19.2 Å². The second-order valence-electron chi connectivity index (χ2n) is 4.38. The first kappa shape index (κ1) is 15.4. The summed E-state index contributed by atoms with van der Waals surface area (Å²) in [5, 5.41) is 9.12. The van der Waals surface area contributed by atoms with Gasteiger partial charge in [0.15, 0.2) is 18.1 Å². The molecule has 1 saturated heterocycles. The van der Waals surface area contributed by atoms with Crippen molar-refractivity contribution in [1.29, 1.82) is 5.26 Å². The molecule has 0 atom stereocenters. The van der Waals surface area contributed by atoms with E-state index in [1.807, 2.05) is 6.07 Å². The van der Waals surface area contributed by atoms with Gasteiger partial charge in [0.05, 0.1) is 37.0 Å². The Kier molecular flexibility index (Phi) is 5.26. The SMILES string of the molecule is COc1cc(C#N)cc(Cl)c1OCC(=O)N1CCOCC1. The van der Waals surface area contributed by atoms with E-state index in [2.05, 4.69) is 0 Å². The quantitative estimate of drug-likeness (QED) is 0.842. The number of methoxy groups -OCH3 is 1. The second kappa shape index (κ2) is 7.16. The van der Waals surface area contributed by atoms with Crippen LogP contribution in [0.2, 0.25) is 5.02 Å². The van der Waals surface area contributed by atoms with E-state index in [4.69, 9.17) is 31.1 Å². The third kappa shape index (κ3) is 3.78. The Morgan fingerprint density at radius 1 is 1.48 bits per heavy atom. The van der Waals surface area contributed by atoms with Gasteiger partial charge in [0.1, 0.15) is 0 Å². The van der Waals surface area contributed by atoms with Gasteiger partial charge in [-0.1, -0.05) is 11.6 Å². The summed E-state index contributed by atoms with van der Waals surface area (Å²) in [5.74, 6) is 0.453. The molecule has 2 rings (SSSR count). The molecule has 1 fully saturated rings. The molecule has 7 heteroatoms. The van der Waals surface area contributed by atoms with Crippen LogP contribution >= 0.6 is 11.6 Å². The van der Waals surface area contributed by atoms with Crippen molar-refractivity contribution >= 4 is 17.5 Å². The summed E-state index contributed by atoms with van der Waals surface area (Å²) >= 11 is 6.06. The van der Waals surface area contributed by atoms with E-state index in [1.54, 1.807) is 4.90 Å². The maximum Gasteiger partial charge on any atom is 0.260 e. The Hall–Kier alpha value is -1.97. The number of carbonyl (C=O) groups excluding carboxylic acids is 1. The number of nitrogens with zero attached hydrogens (tertiary/aromatic N) is 2. The van der Waals surface area contributed by atoms with Crippen molar-refractivity contribution < 1.29 is 19.0 Å². The first-order chi connectivity index (χ1) is 10.2. The molecule has 6 nitrogen and oxygen atoms in total. The van der Waals surface area contributed by atoms with Crippen LogP contribution in [0.25, 0.3) is 0 Å². The number of nitriles is 1. The summed E-state index contributed by atoms with van der Waals surface area (Å²) in [7, 11) is 1.45. The van der Waals surface area contributed by atoms with Crippen LogP contribution in [-0.2, 0) is 9.53 Å². The molecule has 1 aromatic carbocycles. The van der Waals surface area contributed by atoms with Crippen molar-refractivity contribution in [3.8, 4) is 17.6 Å². The Labute approximate surface area is 127 Å². The van der Waals surface area contributed by atoms with E-state index in [1.165, 1.54) is 19.2 Å². The van der Waals surface area contributed by atoms with E-state index >= 15 is 0 Å². The van der Waals surface area contributed by atoms with Crippen LogP contribution in [-0.4, -0.2) is 50.8 Å². The van der Waals surface area contributed by atoms with E-state index < -0.39 is 0 Å².